The number of benzene rings is 1. The van der Waals surface area contributed by atoms with Crippen molar-refractivity contribution in [1.82, 2.24) is 4.90 Å². The number of carbonyl (C=O) groups excluding carboxylic acids is 3. The van der Waals surface area contributed by atoms with E-state index in [-0.39, 0.29) is 18.2 Å². The second-order valence-electron chi connectivity index (χ2n) is 7.44. The Hall–Kier alpha value is -2.71. The molecule has 0 radical (unpaired) electrons. The molecule has 0 aliphatic carbocycles. The summed E-state index contributed by atoms with van der Waals surface area (Å²) in [6, 6.07) is 9.44. The van der Waals surface area contributed by atoms with Crippen LogP contribution in [0.15, 0.2) is 30.3 Å². The van der Waals surface area contributed by atoms with Crippen molar-refractivity contribution in [1.29, 1.82) is 0 Å². The maximum Gasteiger partial charge on any atom is 0.341 e. The smallest absolute Gasteiger partial charge is 0.341 e. The quantitative estimate of drug-likeness (QED) is 0.497. The first-order chi connectivity index (χ1) is 14.9. The van der Waals surface area contributed by atoms with E-state index in [0.29, 0.717) is 22.7 Å². The molecular weight excluding hydrogens is 414 g/mol. The molecule has 1 aromatic carbocycles. The number of amides is 1. The van der Waals surface area contributed by atoms with Gasteiger partial charge in [0.1, 0.15) is 5.00 Å². The third kappa shape index (κ3) is 5.92. The Bertz CT molecular complexity index is 931. The zero-order chi connectivity index (χ0) is 22.4. The maximum atomic E-state index is 12.6. The summed E-state index contributed by atoms with van der Waals surface area (Å²) in [6.07, 6.45) is 0.794. The van der Waals surface area contributed by atoms with Crippen LogP contribution in [0.3, 0.4) is 0 Å². The number of anilines is 2. The van der Waals surface area contributed by atoms with E-state index in [2.05, 4.69) is 15.1 Å². The van der Waals surface area contributed by atoms with Crippen LogP contribution >= 0.6 is 11.3 Å². The summed E-state index contributed by atoms with van der Waals surface area (Å²) >= 11 is 1.42. The minimum atomic E-state index is -0.404. The van der Waals surface area contributed by atoms with Crippen LogP contribution < -0.4 is 10.2 Å². The van der Waals surface area contributed by atoms with Crippen LogP contribution in [0.5, 0.6) is 0 Å². The van der Waals surface area contributed by atoms with E-state index in [4.69, 9.17) is 4.74 Å². The van der Waals surface area contributed by atoms with Crippen molar-refractivity contribution in [2.45, 2.75) is 27.2 Å². The lowest BCUT2D eigenvalue weighted by atomic mass is 10.1. The number of esters is 1. The highest BCUT2D eigenvalue weighted by atomic mass is 32.1. The highest BCUT2D eigenvalue weighted by molar-refractivity contribution is 7.16. The Kier molecular flexibility index (Phi) is 7.81. The van der Waals surface area contributed by atoms with E-state index in [0.717, 1.165) is 43.2 Å². The highest BCUT2D eigenvalue weighted by Gasteiger charge is 2.22. The summed E-state index contributed by atoms with van der Waals surface area (Å²) in [5.74, 6) is -0.474. The molecule has 2 heterocycles. The molecule has 1 N–H and O–H groups in total. The van der Waals surface area contributed by atoms with Gasteiger partial charge in [0.2, 0.25) is 5.91 Å². The van der Waals surface area contributed by atoms with Crippen molar-refractivity contribution >= 4 is 39.7 Å². The lowest BCUT2D eigenvalue weighted by molar-refractivity contribution is -0.117. The minimum Gasteiger partial charge on any atom is -0.462 e. The number of aryl methyl sites for hydroxylation is 1. The minimum absolute atomic E-state index is 0.0605. The Balaban J connectivity index is 1.54. The third-order valence-electron chi connectivity index (χ3n) is 5.26. The van der Waals surface area contributed by atoms with Gasteiger partial charge in [-0.1, -0.05) is 6.92 Å². The van der Waals surface area contributed by atoms with Crippen LogP contribution in [0.2, 0.25) is 0 Å². The maximum absolute atomic E-state index is 12.6. The molecule has 1 aliphatic heterocycles. The first-order valence-electron chi connectivity index (χ1n) is 10.6. The molecule has 1 aromatic heterocycles. The Morgan fingerprint density at radius 3 is 2.32 bits per heavy atom. The van der Waals surface area contributed by atoms with Crippen molar-refractivity contribution in [3.8, 4) is 0 Å². The van der Waals surface area contributed by atoms with Crippen LogP contribution in [0.4, 0.5) is 10.7 Å². The summed E-state index contributed by atoms with van der Waals surface area (Å²) in [5.41, 5.74) is 2.22. The van der Waals surface area contributed by atoms with Gasteiger partial charge in [0.05, 0.1) is 18.7 Å². The molecule has 0 unspecified atom stereocenters. The largest absolute Gasteiger partial charge is 0.462 e. The van der Waals surface area contributed by atoms with E-state index in [9.17, 15) is 14.4 Å². The second-order valence-corrected chi connectivity index (χ2v) is 8.58. The van der Waals surface area contributed by atoms with Gasteiger partial charge in [-0.2, -0.15) is 0 Å². The van der Waals surface area contributed by atoms with Gasteiger partial charge in [0.15, 0.2) is 5.78 Å². The second kappa shape index (κ2) is 10.5. The van der Waals surface area contributed by atoms with Crippen LogP contribution in [0, 0.1) is 0 Å². The number of ketones is 1. The lowest BCUT2D eigenvalue weighted by Crippen LogP contribution is -2.48. The fraction of sp³-hybridized carbons (Fsp3) is 0.435. The summed E-state index contributed by atoms with van der Waals surface area (Å²) in [6.45, 7) is 9.05. The number of ether oxygens (including phenoxy) is 1. The number of thiophene rings is 1. The summed E-state index contributed by atoms with van der Waals surface area (Å²) in [5, 5.41) is 3.46. The monoisotopic (exact) mass is 443 g/mol. The molecule has 1 fully saturated rings. The Morgan fingerprint density at radius 1 is 1.06 bits per heavy atom. The Labute approximate surface area is 187 Å². The fourth-order valence-corrected chi connectivity index (χ4v) is 4.51. The number of piperazine rings is 1. The van der Waals surface area contributed by atoms with Gasteiger partial charge in [0, 0.05) is 42.3 Å². The SMILES string of the molecule is CCOC(=O)c1cc(CC)sc1NC(=O)CN1CCN(c2ccc(C(C)=O)cc2)CC1. The molecule has 31 heavy (non-hydrogen) atoms. The van der Waals surface area contributed by atoms with Gasteiger partial charge >= 0.3 is 5.97 Å². The Morgan fingerprint density at radius 2 is 1.74 bits per heavy atom. The van der Waals surface area contributed by atoms with Gasteiger partial charge in [-0.05, 0) is 50.6 Å². The van der Waals surface area contributed by atoms with Crippen LogP contribution in [0.25, 0.3) is 0 Å². The fourth-order valence-electron chi connectivity index (χ4n) is 3.51. The molecule has 1 aliphatic rings. The number of hydrogen-bond donors (Lipinski definition) is 1. The summed E-state index contributed by atoms with van der Waals surface area (Å²) < 4.78 is 5.11. The number of nitrogens with zero attached hydrogens (tertiary/aromatic N) is 2. The number of Topliss-reactive ketones (excluding diaryl/α,β-unsaturated/α-hetero) is 1. The molecule has 166 valence electrons. The first-order valence-corrected chi connectivity index (χ1v) is 11.4. The molecule has 0 saturated carbocycles. The van der Waals surface area contributed by atoms with Gasteiger partial charge < -0.3 is 15.0 Å². The van der Waals surface area contributed by atoms with Gasteiger partial charge in [-0.25, -0.2) is 4.79 Å². The average Bonchev–Trinajstić information content (AvgIpc) is 3.17. The molecule has 0 bridgehead atoms. The van der Waals surface area contributed by atoms with Crippen LogP contribution in [0.1, 0.15) is 46.4 Å². The van der Waals surface area contributed by atoms with Gasteiger partial charge in [0.25, 0.3) is 0 Å². The molecule has 7 nitrogen and oxygen atoms in total. The molecular formula is C23H29N3O4S. The highest BCUT2D eigenvalue weighted by Crippen LogP contribution is 2.29. The summed E-state index contributed by atoms with van der Waals surface area (Å²) in [4.78, 5) is 41.6. The van der Waals surface area contributed by atoms with E-state index < -0.39 is 5.97 Å². The molecule has 3 rings (SSSR count). The number of nitrogens with one attached hydrogen (secondary N) is 1. The lowest BCUT2D eigenvalue weighted by Gasteiger charge is -2.35. The predicted molar refractivity (Wildman–Crippen MR) is 123 cm³/mol. The molecule has 8 heteroatoms. The molecule has 1 amide bonds. The molecule has 0 atom stereocenters. The zero-order valence-corrected chi connectivity index (χ0v) is 19.1. The molecule has 0 spiro atoms. The standard InChI is InChI=1S/C23H29N3O4S/c1-4-19-14-20(23(29)30-5-2)22(31-19)24-21(28)15-25-10-12-26(13-11-25)18-8-6-17(7-9-18)16(3)27/h6-9,14H,4-5,10-13,15H2,1-3H3,(H,24,28). The van der Waals surface area contributed by atoms with Crippen LogP contribution in [-0.2, 0) is 16.0 Å². The van der Waals surface area contributed by atoms with Crippen molar-refractivity contribution in [3.05, 3.63) is 46.3 Å². The first kappa shape index (κ1) is 23.0. The van der Waals surface area contributed by atoms with Crippen LogP contribution in [-0.4, -0.2) is 61.9 Å². The number of rotatable bonds is 8. The van der Waals surface area contributed by atoms with Crippen molar-refractivity contribution in [2.24, 2.45) is 0 Å². The number of carbonyl (C=O) groups is 3. The van der Waals surface area contributed by atoms with Crippen molar-refractivity contribution in [2.75, 3.05) is 49.5 Å². The molecule has 1 saturated heterocycles. The topological polar surface area (TPSA) is 79.0 Å². The average molecular weight is 444 g/mol. The normalized spacial score (nSPS) is 14.4. The predicted octanol–water partition coefficient (Wildman–Crippen LogP) is 3.45. The number of hydrogen-bond acceptors (Lipinski definition) is 7. The van der Waals surface area contributed by atoms with E-state index in [1.165, 1.54) is 11.3 Å². The van der Waals surface area contributed by atoms with Gasteiger partial charge in [-0.3, -0.25) is 14.5 Å². The summed E-state index contributed by atoms with van der Waals surface area (Å²) in [7, 11) is 0. The van der Waals surface area contributed by atoms with Crippen molar-refractivity contribution < 1.29 is 19.1 Å². The third-order valence-corrected chi connectivity index (χ3v) is 6.45. The van der Waals surface area contributed by atoms with E-state index in [1.54, 1.807) is 19.9 Å². The zero-order valence-electron chi connectivity index (χ0n) is 18.3. The van der Waals surface area contributed by atoms with Gasteiger partial charge in [-0.15, -0.1) is 11.3 Å². The van der Waals surface area contributed by atoms with E-state index >= 15 is 0 Å². The van der Waals surface area contributed by atoms with E-state index in [1.807, 2.05) is 31.2 Å². The van der Waals surface area contributed by atoms with Crippen molar-refractivity contribution in [3.63, 3.8) is 0 Å². The molecule has 2 aromatic rings.